The van der Waals surface area contributed by atoms with Gasteiger partial charge in [0.15, 0.2) is 0 Å². The first-order valence-corrected chi connectivity index (χ1v) is 7.81. The molecule has 1 aromatic heterocycles. The number of rotatable bonds is 6. The van der Waals surface area contributed by atoms with Crippen molar-refractivity contribution in [3.63, 3.8) is 0 Å². The summed E-state index contributed by atoms with van der Waals surface area (Å²) in [5, 5.41) is 6.46. The molecule has 0 saturated carbocycles. The summed E-state index contributed by atoms with van der Waals surface area (Å²) >= 11 is 0. The molecule has 1 aliphatic rings. The maximum absolute atomic E-state index is 12.2. The lowest BCUT2D eigenvalue weighted by atomic mass is 10.2. The number of likely N-dealkylation sites (tertiary alicyclic amines) is 1. The second kappa shape index (κ2) is 7.22. The minimum Gasteiger partial charge on any atom is -0.363 e. The molecular formula is C16H19N5O3. The zero-order valence-electron chi connectivity index (χ0n) is 13.1. The number of nitrogens with two attached hydrogens (primary N) is 1. The van der Waals surface area contributed by atoms with Gasteiger partial charge >= 0.3 is 0 Å². The molecule has 0 spiro atoms. The van der Waals surface area contributed by atoms with Crippen LogP contribution in [0.3, 0.4) is 0 Å². The van der Waals surface area contributed by atoms with Crippen LogP contribution < -0.4 is 11.1 Å². The molecule has 0 unspecified atom stereocenters. The zero-order chi connectivity index (χ0) is 16.9. The van der Waals surface area contributed by atoms with Gasteiger partial charge in [-0.1, -0.05) is 35.5 Å². The number of hydrogen-bond acceptors (Lipinski definition) is 6. The van der Waals surface area contributed by atoms with Gasteiger partial charge in [-0.15, -0.1) is 0 Å². The van der Waals surface area contributed by atoms with Gasteiger partial charge in [0.25, 0.3) is 11.7 Å². The Morgan fingerprint density at radius 2 is 2.12 bits per heavy atom. The monoisotopic (exact) mass is 329 g/mol. The summed E-state index contributed by atoms with van der Waals surface area (Å²) in [7, 11) is 0. The maximum atomic E-state index is 12.2. The molecule has 1 aliphatic heterocycles. The molecule has 126 valence electrons. The predicted octanol–water partition coefficient (Wildman–Crippen LogP) is 0.622. The first-order valence-electron chi connectivity index (χ1n) is 7.81. The van der Waals surface area contributed by atoms with Crippen LogP contribution in [0, 0.1) is 0 Å². The van der Waals surface area contributed by atoms with Gasteiger partial charge in [-0.05, 0) is 24.9 Å². The number of carbonyl (C=O) groups is 2. The maximum Gasteiger partial charge on any atom is 0.290 e. The minimum absolute atomic E-state index is 0.0691. The van der Waals surface area contributed by atoms with E-state index >= 15 is 0 Å². The van der Waals surface area contributed by atoms with E-state index in [1.807, 2.05) is 35.2 Å². The van der Waals surface area contributed by atoms with Gasteiger partial charge in [0.05, 0.1) is 12.6 Å². The molecule has 8 nitrogen and oxygen atoms in total. The van der Waals surface area contributed by atoms with E-state index in [4.69, 9.17) is 10.3 Å². The van der Waals surface area contributed by atoms with Crippen LogP contribution in [0.15, 0.2) is 34.9 Å². The van der Waals surface area contributed by atoms with E-state index in [-0.39, 0.29) is 24.3 Å². The lowest BCUT2D eigenvalue weighted by Gasteiger charge is -2.20. The summed E-state index contributed by atoms with van der Waals surface area (Å²) in [6, 6.07) is 9.57. The molecule has 2 amide bonds. The second-order valence-electron chi connectivity index (χ2n) is 5.71. The molecule has 2 heterocycles. The van der Waals surface area contributed by atoms with E-state index in [0.717, 1.165) is 24.9 Å². The first kappa shape index (κ1) is 16.1. The Hall–Kier alpha value is -2.74. The topological polar surface area (TPSA) is 114 Å². The molecule has 3 rings (SSSR count). The Morgan fingerprint density at radius 1 is 1.33 bits per heavy atom. The van der Waals surface area contributed by atoms with Crippen molar-refractivity contribution < 1.29 is 14.1 Å². The van der Waals surface area contributed by atoms with Crippen LogP contribution in [0.2, 0.25) is 0 Å². The highest BCUT2D eigenvalue weighted by Crippen LogP contribution is 2.30. The van der Waals surface area contributed by atoms with Gasteiger partial charge in [-0.25, -0.2) is 0 Å². The fraction of sp³-hybridized carbons (Fsp3) is 0.375. The fourth-order valence-corrected chi connectivity index (χ4v) is 2.80. The van der Waals surface area contributed by atoms with Crippen LogP contribution in [0.25, 0.3) is 0 Å². The van der Waals surface area contributed by atoms with Crippen molar-refractivity contribution in [2.45, 2.75) is 25.4 Å². The summed E-state index contributed by atoms with van der Waals surface area (Å²) < 4.78 is 5.12. The third-order valence-corrected chi connectivity index (χ3v) is 3.99. The number of amides is 2. The van der Waals surface area contributed by atoms with Crippen molar-refractivity contribution in [3.05, 3.63) is 47.6 Å². The molecule has 24 heavy (non-hydrogen) atoms. The number of nitrogens with one attached hydrogen (secondary N) is 1. The Kier molecular flexibility index (Phi) is 4.85. The normalized spacial score (nSPS) is 17.8. The van der Waals surface area contributed by atoms with Crippen molar-refractivity contribution in [2.75, 3.05) is 13.1 Å². The lowest BCUT2D eigenvalue weighted by Crippen LogP contribution is -2.36. The van der Waals surface area contributed by atoms with Gasteiger partial charge in [-0.2, -0.15) is 4.98 Å². The number of nitrogens with zero attached hydrogens (tertiary/aromatic N) is 3. The summed E-state index contributed by atoms with van der Waals surface area (Å²) in [5.74, 6) is -0.599. The highest BCUT2D eigenvalue weighted by Gasteiger charge is 2.32. The van der Waals surface area contributed by atoms with Gasteiger partial charge in [0, 0.05) is 6.54 Å². The highest BCUT2D eigenvalue weighted by atomic mass is 16.5. The minimum atomic E-state index is -0.727. The number of carbonyl (C=O) groups excluding carboxylic acids is 2. The zero-order valence-corrected chi connectivity index (χ0v) is 13.1. The second-order valence-corrected chi connectivity index (χ2v) is 5.71. The van der Waals surface area contributed by atoms with Crippen molar-refractivity contribution >= 4 is 11.8 Å². The molecule has 8 heteroatoms. The summed E-state index contributed by atoms with van der Waals surface area (Å²) in [6.45, 7) is 1.49. The van der Waals surface area contributed by atoms with Crippen LogP contribution in [-0.2, 0) is 11.3 Å². The fourth-order valence-electron chi connectivity index (χ4n) is 2.80. The molecule has 1 aromatic carbocycles. The largest absolute Gasteiger partial charge is 0.363 e. The molecule has 0 aliphatic carbocycles. The molecule has 0 radical (unpaired) electrons. The molecule has 1 atom stereocenters. The summed E-state index contributed by atoms with van der Waals surface area (Å²) in [5.41, 5.74) is 6.18. The Labute approximate surface area is 139 Å². The first-order chi connectivity index (χ1) is 11.6. The van der Waals surface area contributed by atoms with Crippen LogP contribution in [0.5, 0.6) is 0 Å². The van der Waals surface area contributed by atoms with E-state index < -0.39 is 5.91 Å². The highest BCUT2D eigenvalue weighted by molar-refractivity contribution is 5.88. The summed E-state index contributed by atoms with van der Waals surface area (Å²) in [4.78, 5) is 29.2. The third kappa shape index (κ3) is 3.77. The summed E-state index contributed by atoms with van der Waals surface area (Å²) in [6.07, 6.45) is 1.72. The van der Waals surface area contributed by atoms with Crippen LogP contribution in [0.1, 0.15) is 41.0 Å². The average Bonchev–Trinajstić information content (AvgIpc) is 3.22. The van der Waals surface area contributed by atoms with Crippen molar-refractivity contribution in [3.8, 4) is 0 Å². The quantitative estimate of drug-likeness (QED) is 0.803. The number of primary amides is 1. The average molecular weight is 329 g/mol. The van der Waals surface area contributed by atoms with Crippen molar-refractivity contribution in [2.24, 2.45) is 5.73 Å². The van der Waals surface area contributed by atoms with Gasteiger partial charge in [-0.3, -0.25) is 14.5 Å². The van der Waals surface area contributed by atoms with Gasteiger partial charge in [0.2, 0.25) is 11.8 Å². The van der Waals surface area contributed by atoms with E-state index in [1.54, 1.807) is 0 Å². The Morgan fingerprint density at radius 3 is 2.83 bits per heavy atom. The molecular weight excluding hydrogens is 310 g/mol. The SMILES string of the molecule is NC(=O)c1noc([C@@H]2CCCN2CC(=O)NCc2ccccc2)n1. The molecule has 1 fully saturated rings. The molecule has 3 N–H and O–H groups in total. The van der Waals surface area contributed by atoms with Gasteiger partial charge < -0.3 is 15.6 Å². The molecule has 0 bridgehead atoms. The predicted molar refractivity (Wildman–Crippen MR) is 84.7 cm³/mol. The van der Waals surface area contributed by atoms with E-state index in [0.29, 0.717) is 12.4 Å². The van der Waals surface area contributed by atoms with Crippen molar-refractivity contribution in [1.82, 2.24) is 20.4 Å². The third-order valence-electron chi connectivity index (χ3n) is 3.99. The van der Waals surface area contributed by atoms with Crippen LogP contribution in [0.4, 0.5) is 0 Å². The van der Waals surface area contributed by atoms with E-state index in [2.05, 4.69) is 15.5 Å². The molecule has 1 saturated heterocycles. The van der Waals surface area contributed by atoms with Crippen LogP contribution >= 0.6 is 0 Å². The number of benzene rings is 1. The van der Waals surface area contributed by atoms with E-state index in [1.165, 1.54) is 0 Å². The number of hydrogen-bond donors (Lipinski definition) is 2. The lowest BCUT2D eigenvalue weighted by molar-refractivity contribution is -0.122. The molecule has 2 aromatic rings. The van der Waals surface area contributed by atoms with E-state index in [9.17, 15) is 9.59 Å². The Balaban J connectivity index is 1.57. The van der Waals surface area contributed by atoms with Crippen LogP contribution in [-0.4, -0.2) is 39.9 Å². The standard InChI is InChI=1S/C16H19N5O3/c17-14(23)15-19-16(24-20-15)12-7-4-8-21(12)10-13(22)18-9-11-5-2-1-3-6-11/h1-3,5-6,12H,4,7-10H2,(H2,17,23)(H,18,22)/t12-/m0/s1. The van der Waals surface area contributed by atoms with Crippen molar-refractivity contribution in [1.29, 1.82) is 0 Å². The smallest absolute Gasteiger partial charge is 0.290 e. The number of aromatic nitrogens is 2. The van der Waals surface area contributed by atoms with Gasteiger partial charge in [0.1, 0.15) is 0 Å². The Bertz CT molecular complexity index is 716.